The molecule has 2 aromatic heterocycles. The van der Waals surface area contributed by atoms with Gasteiger partial charge in [-0.3, -0.25) is 28.9 Å². The summed E-state index contributed by atoms with van der Waals surface area (Å²) in [5, 5.41) is 59.8. The number of piperidine rings is 1. The van der Waals surface area contributed by atoms with Crippen LogP contribution in [0.1, 0.15) is 103 Å². The second-order valence-corrected chi connectivity index (χ2v) is 27.1. The molecule has 4 aliphatic heterocycles. The van der Waals surface area contributed by atoms with Gasteiger partial charge in [-0.2, -0.15) is 0 Å². The summed E-state index contributed by atoms with van der Waals surface area (Å²) in [6, 6.07) is 4.35. The van der Waals surface area contributed by atoms with Crippen LogP contribution in [-0.2, 0) is 23.8 Å². The standard InChI is InChI=1S/C71H86FN7O17/c1-34-14-13-15-35(2)69(88)74-56-63(86)52-51(53-65(39(6)61(52)84)96-71(8,68(53)87)93-27-21-49(91-11)36(3)64(94-40(7)80)38(5)60(83)37(4)59(34)82)55-66(56)95-50-29-44(28-48(81)54(50)73-55)76-23-19-42(20-24-76)77(26-25-75(9)10)31-41-18-22-78(32-41)58-47(72)30-45-57(67(58)92-12)79(43-16-17-43)33-46(62(45)85)70(89)90/h13-15,21,27-30,33-34,36-38,41-43,49,59-60,64,82-84,87H,16-20,22-26,31-32H2,1-12H3,(H,74,88)(H,89,90)/t34-,36+,37+,38+,41?,49-,59-,60+,64+,71-/m0/s1. The highest BCUT2D eigenvalue weighted by molar-refractivity contribution is 6.17. The Labute approximate surface area is 553 Å². The molecule has 1 aliphatic carbocycles. The van der Waals surface area contributed by atoms with Crippen molar-refractivity contribution in [2.75, 3.05) is 89.2 Å². The van der Waals surface area contributed by atoms with Crippen molar-refractivity contribution >= 4 is 84.5 Å². The van der Waals surface area contributed by atoms with Crippen LogP contribution in [0.3, 0.4) is 0 Å². The number of esters is 1. The predicted molar refractivity (Wildman–Crippen MR) is 361 cm³/mol. The molecule has 96 heavy (non-hydrogen) atoms. The molecule has 2 saturated heterocycles. The van der Waals surface area contributed by atoms with Crippen LogP contribution in [0.4, 0.5) is 21.5 Å². The number of carbonyl (C=O) groups excluding carboxylic acids is 2. The fourth-order valence-electron chi connectivity index (χ4n) is 14.5. The van der Waals surface area contributed by atoms with Crippen LogP contribution < -0.4 is 46.1 Å². The molecule has 1 saturated carbocycles. The Morgan fingerprint density at radius 1 is 0.875 bits per heavy atom. The lowest BCUT2D eigenvalue weighted by atomic mass is 9.78. The molecule has 5 bridgehead atoms. The van der Waals surface area contributed by atoms with E-state index in [-0.39, 0.29) is 89.9 Å². The second kappa shape index (κ2) is 27.1. The number of benzene rings is 4. The number of phenolic OH excluding ortho intramolecular Hbond substituents is 1. The minimum absolute atomic E-state index is 0.0201. The Balaban J connectivity index is 0.931. The number of aliphatic hydroxyl groups is 3. The molecule has 6 N–H and O–H groups in total. The van der Waals surface area contributed by atoms with Crippen LogP contribution in [0, 0.1) is 42.3 Å². The molecule has 5 aliphatic rings. The third-order valence-corrected chi connectivity index (χ3v) is 20.3. The third-order valence-electron chi connectivity index (χ3n) is 20.3. The molecule has 1 unspecified atom stereocenters. The first-order chi connectivity index (χ1) is 45.6. The summed E-state index contributed by atoms with van der Waals surface area (Å²) in [5.74, 6) is -9.05. The van der Waals surface area contributed by atoms with E-state index in [1.807, 2.05) is 19.0 Å². The van der Waals surface area contributed by atoms with Crippen molar-refractivity contribution in [1.82, 2.24) is 19.4 Å². The first kappa shape index (κ1) is 68.8. The second-order valence-electron chi connectivity index (χ2n) is 27.1. The van der Waals surface area contributed by atoms with Crippen molar-refractivity contribution in [3.63, 3.8) is 0 Å². The normalized spacial score (nSPS) is 25.6. The summed E-state index contributed by atoms with van der Waals surface area (Å²) < 4.78 is 55.1. The Hall–Kier alpha value is -8.62. The van der Waals surface area contributed by atoms with Crippen LogP contribution in [-0.4, -0.2) is 173 Å². The molecule has 514 valence electrons. The molecule has 10 atom stereocenters. The van der Waals surface area contributed by atoms with Crippen LogP contribution in [0.2, 0.25) is 0 Å². The number of pyridine rings is 1. The molecule has 3 fully saturated rings. The Bertz CT molecular complexity index is 4440. The molecule has 25 heteroatoms. The average molecular weight is 1330 g/mol. The van der Waals surface area contributed by atoms with Gasteiger partial charge in [-0.05, 0) is 78.1 Å². The van der Waals surface area contributed by atoms with Gasteiger partial charge in [-0.1, -0.05) is 45.9 Å². The zero-order chi connectivity index (χ0) is 69.3. The van der Waals surface area contributed by atoms with E-state index >= 15 is 9.18 Å². The van der Waals surface area contributed by atoms with Gasteiger partial charge >= 0.3 is 17.7 Å². The number of hydrogen-bond donors (Lipinski definition) is 6. The number of anilines is 3. The SMILES string of the molecule is COc1c(N2CCC(CN(CCN(C)C)C3CCN(c4cc(=O)c5nc6c(oc5c4)c4c(=O)c5c(O)c(C)c7c(c56)=C(O)[C@@](C)(OC=C[C@H](OC)[C@@H](C)[C@@H](OC(C)=O)[C@H](C)[C@H](O)[C@H](C)[C@@H](O)[C@@H](C)C=CC=C(C)C(=O)N4)O7)CC3)C2)c(F)cc2c(=O)c(C(=O)O)cn(C3CC3)c12. The van der Waals surface area contributed by atoms with Crippen molar-refractivity contribution in [2.24, 2.45) is 29.6 Å². The number of methoxy groups -OCH3 is 2. The fraction of sp³-hybridized carbons (Fsp3) is 0.507. The van der Waals surface area contributed by atoms with E-state index in [9.17, 15) is 49.5 Å². The lowest BCUT2D eigenvalue weighted by Crippen LogP contribution is -2.48. The van der Waals surface area contributed by atoms with Crippen LogP contribution >= 0.6 is 0 Å². The van der Waals surface area contributed by atoms with Crippen molar-refractivity contribution in [3.8, 4) is 17.2 Å². The number of phenols is 1. The van der Waals surface area contributed by atoms with Crippen molar-refractivity contribution in [2.45, 2.75) is 130 Å². The fourth-order valence-corrected chi connectivity index (χ4v) is 14.5. The van der Waals surface area contributed by atoms with E-state index in [2.05, 4.69) is 20.0 Å². The minimum Gasteiger partial charge on any atom is -0.507 e. The topological polar surface area (TPSA) is 306 Å². The molecule has 4 aromatic carbocycles. The number of carboxylic acids is 1. The van der Waals surface area contributed by atoms with E-state index in [1.165, 1.54) is 72.6 Å². The smallest absolute Gasteiger partial charge is 0.341 e. The summed E-state index contributed by atoms with van der Waals surface area (Å²) in [5.41, 5.74) is -2.48. The van der Waals surface area contributed by atoms with Gasteiger partial charge < -0.3 is 78.2 Å². The molecule has 11 rings (SSSR count). The number of allylic oxidation sites excluding steroid dienone is 2. The number of carboxylic acid groups (broad SMARTS) is 1. The molecule has 6 aromatic rings. The van der Waals surface area contributed by atoms with Crippen molar-refractivity contribution in [3.05, 3.63) is 113 Å². The highest BCUT2D eigenvalue weighted by Gasteiger charge is 2.45. The molecular formula is C71H86FN7O17. The van der Waals surface area contributed by atoms with Gasteiger partial charge in [-0.15, -0.1) is 0 Å². The number of nitrogens with one attached hydrogen (secondary N) is 1. The first-order valence-electron chi connectivity index (χ1n) is 32.8. The zero-order valence-corrected chi connectivity index (χ0v) is 56.2. The van der Waals surface area contributed by atoms with E-state index in [0.717, 1.165) is 38.4 Å². The van der Waals surface area contributed by atoms with Crippen LogP contribution in [0.5, 0.6) is 17.2 Å². The maximum atomic E-state index is 16.5. The summed E-state index contributed by atoms with van der Waals surface area (Å²) in [6.45, 7) is 16.8. The first-order valence-corrected chi connectivity index (χ1v) is 32.8. The number of carbonyl (C=O) groups is 3. The van der Waals surface area contributed by atoms with Crippen molar-refractivity contribution in [1.29, 1.82) is 0 Å². The minimum atomic E-state index is -2.04. The summed E-state index contributed by atoms with van der Waals surface area (Å²) in [4.78, 5) is 95.9. The van der Waals surface area contributed by atoms with Crippen LogP contribution in [0.15, 0.2) is 79.3 Å². The van der Waals surface area contributed by atoms with Gasteiger partial charge in [0.25, 0.3) is 5.91 Å². The zero-order valence-electron chi connectivity index (χ0n) is 56.2. The number of aliphatic hydroxyl groups excluding tert-OH is 3. The van der Waals surface area contributed by atoms with E-state index in [0.29, 0.717) is 56.8 Å². The summed E-state index contributed by atoms with van der Waals surface area (Å²) >= 11 is 0. The summed E-state index contributed by atoms with van der Waals surface area (Å²) in [7, 11) is 6.90. The number of aromatic nitrogens is 2. The molecular weight excluding hydrogens is 1240 g/mol. The number of ether oxygens (including phenoxy) is 5. The summed E-state index contributed by atoms with van der Waals surface area (Å²) in [6.07, 6.45) is 8.42. The quantitative estimate of drug-likeness (QED) is 0.0372. The number of aromatic hydroxyl groups is 1. The van der Waals surface area contributed by atoms with E-state index < -0.39 is 117 Å². The monoisotopic (exact) mass is 1330 g/mol. The third kappa shape index (κ3) is 12.7. The molecule has 0 radical (unpaired) electrons. The number of hydrogen-bond acceptors (Lipinski definition) is 21. The number of aromatic carboxylic acids is 1. The van der Waals surface area contributed by atoms with Gasteiger partial charge in [0.1, 0.15) is 40.1 Å². The van der Waals surface area contributed by atoms with Crippen molar-refractivity contribution < 1.29 is 72.4 Å². The molecule has 6 heterocycles. The van der Waals surface area contributed by atoms with Gasteiger partial charge in [-0.25, -0.2) is 14.2 Å². The van der Waals surface area contributed by atoms with Gasteiger partial charge in [0.05, 0.1) is 53.2 Å². The number of likely N-dealkylation sites (N-methyl/N-ethyl adjacent to an activating group) is 1. The van der Waals surface area contributed by atoms with E-state index in [4.69, 9.17) is 33.1 Å². The Morgan fingerprint density at radius 3 is 2.24 bits per heavy atom. The number of fused-ring (bicyclic) bond motifs is 6. The lowest BCUT2D eigenvalue weighted by molar-refractivity contribution is -0.160. The maximum Gasteiger partial charge on any atom is 0.341 e. The van der Waals surface area contributed by atoms with Gasteiger partial charge in [0.2, 0.25) is 16.3 Å². The average Bonchev–Trinajstić information content (AvgIpc) is 1.34. The predicted octanol–water partition coefficient (Wildman–Crippen LogP) is 7.41. The Kier molecular flexibility index (Phi) is 19.4. The number of halogens is 1. The lowest BCUT2D eigenvalue weighted by Gasteiger charge is -2.40. The molecule has 24 nitrogen and oxygen atoms in total. The highest BCUT2D eigenvalue weighted by atomic mass is 19.1. The largest absolute Gasteiger partial charge is 0.507 e. The Morgan fingerprint density at radius 2 is 1.58 bits per heavy atom. The van der Waals surface area contributed by atoms with Gasteiger partial charge in [0, 0.05) is 143 Å². The molecule has 1 amide bonds. The number of rotatable bonds is 13. The van der Waals surface area contributed by atoms with Crippen LogP contribution in [0.25, 0.3) is 49.6 Å². The molecule has 0 spiro atoms. The number of nitrogens with zero attached hydrogens (tertiary/aromatic N) is 6. The van der Waals surface area contributed by atoms with E-state index in [1.54, 1.807) is 50.5 Å². The highest BCUT2D eigenvalue weighted by Crippen LogP contribution is 2.46. The van der Waals surface area contributed by atoms with Gasteiger partial charge in [0.15, 0.2) is 34.0 Å². The maximum absolute atomic E-state index is 16.5. The number of amides is 1.